The molecule has 0 atom stereocenters. The van der Waals surface area contributed by atoms with E-state index in [2.05, 4.69) is 21.9 Å². The molecule has 1 aliphatic rings. The molecule has 1 aromatic heterocycles. The Morgan fingerprint density at radius 3 is 2.64 bits per heavy atom. The van der Waals surface area contributed by atoms with E-state index < -0.39 is 0 Å². The van der Waals surface area contributed by atoms with Gasteiger partial charge in [0.25, 0.3) is 0 Å². The van der Waals surface area contributed by atoms with Crippen molar-refractivity contribution in [2.75, 3.05) is 0 Å². The van der Waals surface area contributed by atoms with Crippen LogP contribution in [0, 0.1) is 6.33 Å². The zero-order valence-corrected chi connectivity index (χ0v) is 6.40. The maximum absolute atomic E-state index is 3.84. The van der Waals surface area contributed by atoms with Crippen LogP contribution >= 0.6 is 0 Å². The van der Waals surface area contributed by atoms with Crippen LogP contribution in [0.3, 0.4) is 0 Å². The van der Waals surface area contributed by atoms with Crippen molar-refractivity contribution >= 4 is 0 Å². The lowest BCUT2D eigenvalue weighted by atomic mass is 9.96. The number of nitrogens with zero attached hydrogens (tertiary/aromatic N) is 4. The maximum atomic E-state index is 3.84. The summed E-state index contributed by atoms with van der Waals surface area (Å²) in [6, 6.07) is 0.513. The van der Waals surface area contributed by atoms with Gasteiger partial charge in [0.15, 0.2) is 0 Å². The number of hydrogen-bond acceptors (Lipinski definition) is 3. The van der Waals surface area contributed by atoms with Crippen molar-refractivity contribution in [2.24, 2.45) is 0 Å². The molecule has 1 heterocycles. The molecule has 4 heteroatoms. The molecule has 1 fully saturated rings. The summed E-state index contributed by atoms with van der Waals surface area (Å²) in [6.07, 6.45) is 9.14. The fraction of sp³-hybridized carbons (Fsp3) is 0.857. The minimum Gasteiger partial charge on any atom is -0.220 e. The number of rotatable bonds is 1. The zero-order chi connectivity index (χ0) is 7.52. The van der Waals surface area contributed by atoms with Crippen molar-refractivity contribution in [2.45, 2.75) is 38.1 Å². The lowest BCUT2D eigenvalue weighted by Gasteiger charge is -2.19. The Morgan fingerprint density at radius 2 is 2.00 bits per heavy atom. The van der Waals surface area contributed by atoms with Gasteiger partial charge in [-0.25, -0.2) is 4.68 Å². The minimum absolute atomic E-state index is 0.513. The molecule has 0 aliphatic heterocycles. The molecule has 0 amide bonds. The van der Waals surface area contributed by atoms with Gasteiger partial charge in [-0.05, 0) is 23.3 Å². The lowest BCUT2D eigenvalue weighted by Crippen LogP contribution is -2.13. The van der Waals surface area contributed by atoms with Crippen molar-refractivity contribution < 1.29 is 0 Å². The molecular weight excluding hydrogens is 140 g/mol. The van der Waals surface area contributed by atoms with Gasteiger partial charge in [0.1, 0.15) is 0 Å². The zero-order valence-electron chi connectivity index (χ0n) is 6.40. The van der Waals surface area contributed by atoms with Crippen LogP contribution in [0.15, 0.2) is 0 Å². The van der Waals surface area contributed by atoms with Crippen molar-refractivity contribution in [3.8, 4) is 0 Å². The predicted molar refractivity (Wildman–Crippen MR) is 38.8 cm³/mol. The fourth-order valence-corrected chi connectivity index (χ4v) is 1.63. The second-order valence-electron chi connectivity index (χ2n) is 3.02. The highest BCUT2D eigenvalue weighted by Crippen LogP contribution is 2.26. The van der Waals surface area contributed by atoms with E-state index in [9.17, 15) is 0 Å². The quantitative estimate of drug-likeness (QED) is 0.601. The summed E-state index contributed by atoms with van der Waals surface area (Å²) in [7, 11) is 0. The third-order valence-corrected chi connectivity index (χ3v) is 2.25. The van der Waals surface area contributed by atoms with Crippen LogP contribution in [-0.2, 0) is 0 Å². The fourth-order valence-electron chi connectivity index (χ4n) is 1.63. The van der Waals surface area contributed by atoms with E-state index in [0.29, 0.717) is 6.04 Å². The van der Waals surface area contributed by atoms with Gasteiger partial charge in [0, 0.05) is 0 Å². The highest BCUT2D eigenvalue weighted by molar-refractivity contribution is 4.69. The molecule has 59 valence electrons. The van der Waals surface area contributed by atoms with Gasteiger partial charge < -0.3 is 0 Å². The Kier molecular flexibility index (Phi) is 1.83. The summed E-state index contributed by atoms with van der Waals surface area (Å²) in [6.45, 7) is 0. The van der Waals surface area contributed by atoms with E-state index in [4.69, 9.17) is 0 Å². The van der Waals surface area contributed by atoms with Crippen molar-refractivity contribution in [3.05, 3.63) is 6.33 Å². The Hall–Kier alpha value is -0.930. The molecule has 1 radical (unpaired) electrons. The van der Waals surface area contributed by atoms with Gasteiger partial charge in [-0.3, -0.25) is 0 Å². The van der Waals surface area contributed by atoms with Gasteiger partial charge in [-0.2, -0.15) is 0 Å². The number of tetrazole rings is 1. The van der Waals surface area contributed by atoms with Crippen LogP contribution in [-0.4, -0.2) is 20.2 Å². The van der Waals surface area contributed by atoms with Crippen LogP contribution in [0.4, 0.5) is 0 Å². The van der Waals surface area contributed by atoms with Crippen molar-refractivity contribution in [1.29, 1.82) is 0 Å². The summed E-state index contributed by atoms with van der Waals surface area (Å²) in [4.78, 5) is 0. The SMILES string of the molecule is [c]1nnnn1C1CCCCC1. The first-order chi connectivity index (χ1) is 5.47. The minimum atomic E-state index is 0.513. The Morgan fingerprint density at radius 1 is 1.18 bits per heavy atom. The van der Waals surface area contributed by atoms with Crippen LogP contribution in [0.1, 0.15) is 38.1 Å². The molecule has 1 aromatic rings. The largest absolute Gasteiger partial charge is 0.221 e. The van der Waals surface area contributed by atoms with Gasteiger partial charge in [0.2, 0.25) is 6.33 Å². The highest BCUT2D eigenvalue weighted by atomic mass is 15.5. The topological polar surface area (TPSA) is 43.6 Å². The standard InChI is InChI=1S/C7H11N4/c1-2-4-7(5-3-1)11-6-8-9-10-11/h7H,1-5H2. The van der Waals surface area contributed by atoms with Crippen molar-refractivity contribution in [3.63, 3.8) is 0 Å². The van der Waals surface area contributed by atoms with Crippen molar-refractivity contribution in [1.82, 2.24) is 20.2 Å². The molecular formula is C7H11N4. The van der Waals surface area contributed by atoms with Gasteiger partial charge in [-0.1, -0.05) is 19.3 Å². The molecule has 0 saturated heterocycles. The van der Waals surface area contributed by atoms with E-state index in [1.807, 2.05) is 0 Å². The Balaban J connectivity index is 2.04. The summed E-state index contributed by atoms with van der Waals surface area (Å²) in [5.41, 5.74) is 0. The van der Waals surface area contributed by atoms with Gasteiger partial charge in [0.05, 0.1) is 6.04 Å². The lowest BCUT2D eigenvalue weighted by molar-refractivity contribution is 0.322. The monoisotopic (exact) mass is 151 g/mol. The molecule has 0 unspecified atom stereocenters. The summed E-state index contributed by atoms with van der Waals surface area (Å²) in [5.74, 6) is 0. The molecule has 4 nitrogen and oxygen atoms in total. The number of aromatic nitrogens is 4. The Labute approximate surface area is 65.6 Å². The normalized spacial score (nSPS) is 20.4. The third-order valence-electron chi connectivity index (χ3n) is 2.25. The molecule has 0 N–H and O–H groups in total. The number of hydrogen-bond donors (Lipinski definition) is 0. The predicted octanol–water partition coefficient (Wildman–Crippen LogP) is 0.978. The average molecular weight is 151 g/mol. The van der Waals surface area contributed by atoms with E-state index in [1.165, 1.54) is 32.1 Å². The summed E-state index contributed by atoms with van der Waals surface area (Å²) in [5, 5.41) is 10.9. The molecule has 2 rings (SSSR count). The summed E-state index contributed by atoms with van der Waals surface area (Å²) >= 11 is 0. The molecule has 11 heavy (non-hydrogen) atoms. The van der Waals surface area contributed by atoms with E-state index >= 15 is 0 Å². The van der Waals surface area contributed by atoms with Gasteiger partial charge >= 0.3 is 0 Å². The third kappa shape index (κ3) is 1.39. The molecule has 0 bridgehead atoms. The molecule has 0 spiro atoms. The van der Waals surface area contributed by atoms with Crippen LogP contribution < -0.4 is 0 Å². The maximum Gasteiger partial charge on any atom is 0.221 e. The van der Waals surface area contributed by atoms with E-state index in [1.54, 1.807) is 4.68 Å². The smallest absolute Gasteiger partial charge is 0.220 e. The first-order valence-electron chi connectivity index (χ1n) is 4.12. The molecule has 1 aliphatic carbocycles. The second kappa shape index (κ2) is 2.98. The van der Waals surface area contributed by atoms with E-state index in [-0.39, 0.29) is 0 Å². The molecule has 1 saturated carbocycles. The average Bonchev–Trinajstić information content (AvgIpc) is 2.58. The van der Waals surface area contributed by atoms with Crippen LogP contribution in [0.25, 0.3) is 0 Å². The van der Waals surface area contributed by atoms with E-state index in [0.717, 1.165) is 0 Å². The first kappa shape index (κ1) is 6.76. The Bertz CT molecular complexity index is 200. The molecule has 0 aromatic carbocycles. The van der Waals surface area contributed by atoms with Gasteiger partial charge in [-0.15, -0.1) is 5.10 Å². The van der Waals surface area contributed by atoms with Crippen LogP contribution in [0.2, 0.25) is 0 Å². The van der Waals surface area contributed by atoms with Crippen LogP contribution in [0.5, 0.6) is 0 Å². The highest BCUT2D eigenvalue weighted by Gasteiger charge is 2.15. The first-order valence-corrected chi connectivity index (χ1v) is 4.12. The second-order valence-corrected chi connectivity index (χ2v) is 3.02. The summed E-state index contributed by atoms with van der Waals surface area (Å²) < 4.78 is 1.76.